The molecule has 0 bridgehead atoms. The summed E-state index contributed by atoms with van der Waals surface area (Å²) in [6.45, 7) is 3.80. The second-order valence-corrected chi connectivity index (χ2v) is 5.42. The number of allylic oxidation sites excluding steroid dienone is 2. The molecule has 3 rings (SSSR count). The Morgan fingerprint density at radius 3 is 1.71 bits per heavy atom. The van der Waals surface area contributed by atoms with Crippen molar-refractivity contribution in [2.45, 2.75) is 33.1 Å². The van der Waals surface area contributed by atoms with Crippen LogP contribution in [0.25, 0.3) is 12.2 Å². The number of Topliss-reactive ketones (excluding diaryl/α,β-unsaturated/α-hetero) is 1. The van der Waals surface area contributed by atoms with Gasteiger partial charge < -0.3 is 8.83 Å². The molecular formula is C18H18O3. The highest BCUT2D eigenvalue weighted by Gasteiger charge is 2.21. The molecule has 2 aromatic rings. The third kappa shape index (κ3) is 3.07. The highest BCUT2D eigenvalue weighted by atomic mass is 16.3. The quantitative estimate of drug-likeness (QED) is 0.749. The second kappa shape index (κ2) is 5.60. The molecule has 3 nitrogen and oxygen atoms in total. The average Bonchev–Trinajstić information content (AvgIpc) is 3.03. The molecule has 21 heavy (non-hydrogen) atoms. The Kier molecular flexibility index (Phi) is 3.65. The van der Waals surface area contributed by atoms with Gasteiger partial charge in [0.25, 0.3) is 0 Å². The molecule has 2 heterocycles. The molecule has 0 N–H and O–H groups in total. The van der Waals surface area contributed by atoms with Gasteiger partial charge in [0.1, 0.15) is 23.0 Å². The number of rotatable bonds is 2. The first-order valence-electron chi connectivity index (χ1n) is 7.20. The fourth-order valence-corrected chi connectivity index (χ4v) is 2.58. The van der Waals surface area contributed by atoms with E-state index in [-0.39, 0.29) is 5.78 Å². The van der Waals surface area contributed by atoms with Crippen molar-refractivity contribution in [1.29, 1.82) is 0 Å². The van der Waals surface area contributed by atoms with E-state index in [1.165, 1.54) is 0 Å². The van der Waals surface area contributed by atoms with Crippen LogP contribution in [0.4, 0.5) is 0 Å². The largest absolute Gasteiger partial charge is 0.462 e. The normalized spacial score (nSPS) is 19.6. The summed E-state index contributed by atoms with van der Waals surface area (Å²) in [7, 11) is 0. The van der Waals surface area contributed by atoms with Gasteiger partial charge in [-0.25, -0.2) is 0 Å². The van der Waals surface area contributed by atoms with E-state index in [4.69, 9.17) is 8.83 Å². The number of carbonyl (C=O) groups excluding carboxylic acids is 1. The number of carbonyl (C=O) groups is 1. The average molecular weight is 282 g/mol. The monoisotopic (exact) mass is 282 g/mol. The van der Waals surface area contributed by atoms with Crippen LogP contribution in [0.2, 0.25) is 0 Å². The van der Waals surface area contributed by atoms with E-state index >= 15 is 0 Å². The van der Waals surface area contributed by atoms with Gasteiger partial charge in [0.05, 0.1) is 0 Å². The van der Waals surface area contributed by atoms with Crippen LogP contribution in [0.3, 0.4) is 0 Å². The molecule has 1 saturated carbocycles. The molecular weight excluding hydrogens is 264 g/mol. The lowest BCUT2D eigenvalue weighted by molar-refractivity contribution is -0.112. The van der Waals surface area contributed by atoms with Crippen molar-refractivity contribution in [2.75, 3.05) is 0 Å². The zero-order valence-corrected chi connectivity index (χ0v) is 12.3. The van der Waals surface area contributed by atoms with Gasteiger partial charge in [0.2, 0.25) is 0 Å². The molecule has 1 aliphatic carbocycles. The number of hydrogen-bond acceptors (Lipinski definition) is 3. The molecule has 108 valence electrons. The van der Waals surface area contributed by atoms with Crippen LogP contribution >= 0.6 is 0 Å². The van der Waals surface area contributed by atoms with Crippen LogP contribution in [-0.4, -0.2) is 5.78 Å². The molecule has 3 heteroatoms. The van der Waals surface area contributed by atoms with E-state index in [9.17, 15) is 4.79 Å². The molecule has 0 aliphatic heterocycles. The van der Waals surface area contributed by atoms with Gasteiger partial charge in [-0.2, -0.15) is 0 Å². The van der Waals surface area contributed by atoms with E-state index in [1.807, 2.05) is 50.3 Å². The van der Waals surface area contributed by atoms with E-state index < -0.39 is 0 Å². The summed E-state index contributed by atoms with van der Waals surface area (Å²) in [6, 6.07) is 7.59. The van der Waals surface area contributed by atoms with Crippen molar-refractivity contribution in [2.24, 2.45) is 0 Å². The highest BCUT2D eigenvalue weighted by molar-refractivity contribution is 6.13. The summed E-state index contributed by atoms with van der Waals surface area (Å²) in [5, 5.41) is 0. The van der Waals surface area contributed by atoms with Crippen molar-refractivity contribution in [1.82, 2.24) is 0 Å². The first-order valence-corrected chi connectivity index (χ1v) is 7.20. The summed E-state index contributed by atoms with van der Waals surface area (Å²) < 4.78 is 11.0. The number of furan rings is 2. The van der Waals surface area contributed by atoms with Crippen molar-refractivity contribution < 1.29 is 13.6 Å². The van der Waals surface area contributed by atoms with Crippen LogP contribution in [-0.2, 0) is 4.79 Å². The Morgan fingerprint density at radius 2 is 1.33 bits per heavy atom. The molecule has 0 saturated heterocycles. The van der Waals surface area contributed by atoms with Gasteiger partial charge in [-0.3, -0.25) is 4.79 Å². The second-order valence-electron chi connectivity index (χ2n) is 5.42. The van der Waals surface area contributed by atoms with Crippen LogP contribution in [0.5, 0.6) is 0 Å². The van der Waals surface area contributed by atoms with Crippen LogP contribution < -0.4 is 0 Å². The summed E-state index contributed by atoms with van der Waals surface area (Å²) in [6.07, 6.45) is 6.29. The summed E-state index contributed by atoms with van der Waals surface area (Å²) >= 11 is 0. The van der Waals surface area contributed by atoms with Crippen LogP contribution in [0.15, 0.2) is 44.2 Å². The molecule has 2 aromatic heterocycles. The van der Waals surface area contributed by atoms with Crippen LogP contribution in [0, 0.1) is 13.8 Å². The predicted molar refractivity (Wildman–Crippen MR) is 81.7 cm³/mol. The Balaban J connectivity index is 1.87. The minimum absolute atomic E-state index is 0.101. The molecule has 1 aliphatic rings. The molecule has 0 radical (unpaired) electrons. The maximum atomic E-state index is 12.5. The molecule has 0 amide bonds. The van der Waals surface area contributed by atoms with Gasteiger partial charge in [0.15, 0.2) is 5.78 Å². The predicted octanol–water partition coefficient (Wildman–Crippen LogP) is 4.71. The van der Waals surface area contributed by atoms with Gasteiger partial charge in [0, 0.05) is 11.1 Å². The Bertz CT molecular complexity index is 665. The molecule has 0 spiro atoms. The SMILES string of the molecule is Cc1ccc(/C=C2/CCC/C(=C/c3ccc(C)o3)C2=O)o1. The summed E-state index contributed by atoms with van der Waals surface area (Å²) in [5.41, 5.74) is 1.62. The van der Waals surface area contributed by atoms with Gasteiger partial charge in [-0.05, 0) is 69.5 Å². The first-order chi connectivity index (χ1) is 10.1. The molecule has 0 unspecified atom stereocenters. The molecule has 0 aromatic carbocycles. The van der Waals surface area contributed by atoms with Crippen molar-refractivity contribution >= 4 is 17.9 Å². The third-order valence-electron chi connectivity index (χ3n) is 3.63. The first kappa shape index (κ1) is 13.7. The zero-order valence-electron chi connectivity index (χ0n) is 12.3. The van der Waals surface area contributed by atoms with Crippen LogP contribution in [0.1, 0.15) is 42.3 Å². The Hall–Kier alpha value is -2.29. The van der Waals surface area contributed by atoms with E-state index in [1.54, 1.807) is 0 Å². The van der Waals surface area contributed by atoms with E-state index in [2.05, 4.69) is 0 Å². The lowest BCUT2D eigenvalue weighted by Crippen LogP contribution is -2.12. The lowest BCUT2D eigenvalue weighted by atomic mass is 9.88. The number of aryl methyl sites for hydroxylation is 2. The third-order valence-corrected chi connectivity index (χ3v) is 3.63. The fourth-order valence-electron chi connectivity index (χ4n) is 2.58. The summed E-state index contributed by atoms with van der Waals surface area (Å²) in [5.74, 6) is 3.29. The highest BCUT2D eigenvalue weighted by Crippen LogP contribution is 2.28. The van der Waals surface area contributed by atoms with Gasteiger partial charge in [-0.15, -0.1) is 0 Å². The van der Waals surface area contributed by atoms with E-state index in [0.29, 0.717) is 0 Å². The van der Waals surface area contributed by atoms with Crippen molar-refractivity contribution in [3.8, 4) is 0 Å². The molecule has 0 atom stereocenters. The number of hydrogen-bond donors (Lipinski definition) is 0. The minimum atomic E-state index is 0.101. The maximum absolute atomic E-state index is 12.5. The van der Waals surface area contributed by atoms with Crippen molar-refractivity contribution in [3.05, 3.63) is 58.5 Å². The Labute approximate surface area is 124 Å². The topological polar surface area (TPSA) is 43.4 Å². The van der Waals surface area contributed by atoms with Gasteiger partial charge >= 0.3 is 0 Å². The lowest BCUT2D eigenvalue weighted by Gasteiger charge is -2.15. The summed E-state index contributed by atoms with van der Waals surface area (Å²) in [4.78, 5) is 12.5. The fraction of sp³-hybridized carbons (Fsp3) is 0.278. The smallest absolute Gasteiger partial charge is 0.185 e. The van der Waals surface area contributed by atoms with Crippen molar-refractivity contribution in [3.63, 3.8) is 0 Å². The van der Waals surface area contributed by atoms with E-state index in [0.717, 1.165) is 53.4 Å². The standard InChI is InChI=1S/C18H18O3/c1-12-6-8-16(20-12)10-14-4-3-5-15(18(14)19)11-17-9-7-13(2)21-17/h6-11H,3-5H2,1-2H3/b14-10-,15-11-. The van der Waals surface area contributed by atoms with Gasteiger partial charge in [-0.1, -0.05) is 0 Å². The molecule has 1 fully saturated rings. The minimum Gasteiger partial charge on any atom is -0.462 e. The Morgan fingerprint density at radius 1 is 0.857 bits per heavy atom. The number of ketones is 1. The maximum Gasteiger partial charge on any atom is 0.185 e. The zero-order chi connectivity index (χ0) is 14.8.